The summed E-state index contributed by atoms with van der Waals surface area (Å²) in [6, 6.07) is 0. The summed E-state index contributed by atoms with van der Waals surface area (Å²) in [5, 5.41) is 8.60. The largest absolute Gasteiger partial charge is 0.384 e. The van der Waals surface area contributed by atoms with Crippen LogP contribution in [0.3, 0.4) is 0 Å². The molecule has 1 unspecified atom stereocenters. The van der Waals surface area contributed by atoms with Crippen molar-refractivity contribution in [2.75, 3.05) is 19.7 Å². The third-order valence-electron chi connectivity index (χ3n) is 3.34. The van der Waals surface area contributed by atoms with Gasteiger partial charge in [0.05, 0.1) is 8.07 Å². The number of likely N-dealkylation sites (tertiary alicyclic amines) is 1. The molecule has 16 heavy (non-hydrogen) atoms. The van der Waals surface area contributed by atoms with Gasteiger partial charge in [0.25, 0.3) is 0 Å². The fourth-order valence-electron chi connectivity index (χ4n) is 2.58. The molecule has 1 atom stereocenters. The van der Waals surface area contributed by atoms with Crippen molar-refractivity contribution in [1.29, 1.82) is 0 Å². The predicted octanol–water partition coefficient (Wildman–Crippen LogP) is 2.10. The molecule has 1 fully saturated rings. The van der Waals surface area contributed by atoms with E-state index in [9.17, 15) is 0 Å². The molecule has 92 valence electrons. The molecule has 0 aliphatic carbocycles. The van der Waals surface area contributed by atoms with E-state index in [-0.39, 0.29) is 6.61 Å². The van der Waals surface area contributed by atoms with Gasteiger partial charge in [0, 0.05) is 18.6 Å². The maximum absolute atomic E-state index is 8.60. The molecule has 1 aliphatic heterocycles. The highest BCUT2D eigenvalue weighted by molar-refractivity contribution is 6.77. The highest BCUT2D eigenvalue weighted by atomic mass is 28.3. The maximum Gasteiger partial charge on any atom is 0.104 e. The average Bonchev–Trinajstić information content (AvgIpc) is 2.24. The SMILES string of the molecule is C[Si](C)(C)C1CCCCN1CCC#CCO. The molecule has 0 amide bonds. The Morgan fingerprint density at radius 2 is 2.00 bits per heavy atom. The minimum Gasteiger partial charge on any atom is -0.384 e. The van der Waals surface area contributed by atoms with Gasteiger partial charge in [-0.3, -0.25) is 0 Å². The van der Waals surface area contributed by atoms with Gasteiger partial charge in [-0.15, -0.1) is 0 Å². The Labute approximate surface area is 101 Å². The first-order valence-corrected chi connectivity index (χ1v) is 9.94. The zero-order chi connectivity index (χ0) is 12.0. The summed E-state index contributed by atoms with van der Waals surface area (Å²) in [4.78, 5) is 2.64. The van der Waals surface area contributed by atoms with Gasteiger partial charge in [-0.1, -0.05) is 37.9 Å². The summed E-state index contributed by atoms with van der Waals surface area (Å²) < 4.78 is 0. The van der Waals surface area contributed by atoms with Crippen molar-refractivity contribution in [3.63, 3.8) is 0 Å². The molecule has 0 aromatic rings. The smallest absolute Gasteiger partial charge is 0.104 e. The lowest BCUT2D eigenvalue weighted by Gasteiger charge is -2.42. The molecule has 1 aliphatic rings. The minimum atomic E-state index is -1.06. The van der Waals surface area contributed by atoms with Gasteiger partial charge in [0.1, 0.15) is 6.61 Å². The number of hydrogen-bond acceptors (Lipinski definition) is 2. The maximum atomic E-state index is 8.60. The average molecular weight is 239 g/mol. The van der Waals surface area contributed by atoms with E-state index >= 15 is 0 Å². The molecule has 0 spiro atoms. The molecule has 1 rings (SSSR count). The van der Waals surface area contributed by atoms with E-state index in [0.29, 0.717) is 0 Å². The standard InChI is InChI=1S/C13H25NOSi/c1-16(2,3)13-9-5-7-11-14(13)10-6-4-8-12-15/h13,15H,5-7,9-12H2,1-3H3. The second-order valence-electron chi connectivity index (χ2n) is 5.68. The van der Waals surface area contributed by atoms with Crippen LogP contribution in [-0.4, -0.2) is 43.4 Å². The van der Waals surface area contributed by atoms with Crippen LogP contribution in [0.5, 0.6) is 0 Å². The Morgan fingerprint density at radius 1 is 1.25 bits per heavy atom. The summed E-state index contributed by atoms with van der Waals surface area (Å²) in [6.07, 6.45) is 5.02. The monoisotopic (exact) mass is 239 g/mol. The van der Waals surface area contributed by atoms with E-state index in [1.165, 1.54) is 25.8 Å². The highest BCUT2D eigenvalue weighted by Gasteiger charge is 2.33. The van der Waals surface area contributed by atoms with Crippen molar-refractivity contribution >= 4 is 8.07 Å². The predicted molar refractivity (Wildman–Crippen MR) is 72.0 cm³/mol. The van der Waals surface area contributed by atoms with Gasteiger partial charge in [0.15, 0.2) is 0 Å². The molecule has 3 heteroatoms. The summed E-state index contributed by atoms with van der Waals surface area (Å²) in [6.45, 7) is 9.73. The topological polar surface area (TPSA) is 23.5 Å². The van der Waals surface area contributed by atoms with Gasteiger partial charge < -0.3 is 10.0 Å². The molecular weight excluding hydrogens is 214 g/mol. The van der Waals surface area contributed by atoms with Crippen LogP contribution in [0.1, 0.15) is 25.7 Å². The molecule has 0 bridgehead atoms. The molecule has 0 radical (unpaired) electrons. The van der Waals surface area contributed by atoms with E-state index in [1.807, 2.05) is 0 Å². The van der Waals surface area contributed by atoms with E-state index < -0.39 is 8.07 Å². The number of aliphatic hydroxyl groups is 1. The van der Waals surface area contributed by atoms with Crippen LogP contribution in [0.4, 0.5) is 0 Å². The third kappa shape index (κ3) is 4.29. The molecule has 0 saturated carbocycles. The molecule has 0 aromatic carbocycles. The van der Waals surface area contributed by atoms with Gasteiger partial charge in [-0.2, -0.15) is 0 Å². The lowest BCUT2D eigenvalue weighted by Crippen LogP contribution is -2.53. The lowest BCUT2D eigenvalue weighted by atomic mass is 10.1. The van der Waals surface area contributed by atoms with Crippen LogP contribution in [-0.2, 0) is 0 Å². The molecular formula is C13H25NOSi. The molecule has 1 heterocycles. The molecule has 1 N–H and O–H groups in total. The van der Waals surface area contributed by atoms with E-state index in [0.717, 1.165) is 18.6 Å². The van der Waals surface area contributed by atoms with E-state index in [1.54, 1.807) is 0 Å². The fraction of sp³-hybridized carbons (Fsp3) is 0.846. The Hall–Kier alpha value is -0.303. The van der Waals surface area contributed by atoms with E-state index in [2.05, 4.69) is 36.4 Å². The second-order valence-corrected chi connectivity index (χ2v) is 11.1. The van der Waals surface area contributed by atoms with E-state index in [4.69, 9.17) is 5.11 Å². The van der Waals surface area contributed by atoms with Crippen LogP contribution < -0.4 is 0 Å². The first kappa shape index (κ1) is 13.8. The Balaban J connectivity index is 2.47. The first-order chi connectivity index (χ1) is 7.55. The Bertz CT molecular complexity index is 261. The summed E-state index contributed by atoms with van der Waals surface area (Å²) >= 11 is 0. The molecule has 2 nitrogen and oxygen atoms in total. The van der Waals surface area contributed by atoms with Crippen LogP contribution in [0, 0.1) is 11.8 Å². The quantitative estimate of drug-likeness (QED) is 0.602. The van der Waals surface area contributed by atoms with Crippen LogP contribution in [0.2, 0.25) is 19.6 Å². The van der Waals surface area contributed by atoms with Gasteiger partial charge in [0.2, 0.25) is 0 Å². The number of aliphatic hydroxyl groups excluding tert-OH is 1. The Kier molecular flexibility index (Phi) is 5.54. The Morgan fingerprint density at radius 3 is 2.62 bits per heavy atom. The first-order valence-electron chi connectivity index (χ1n) is 6.36. The summed E-state index contributed by atoms with van der Waals surface area (Å²) in [5.41, 5.74) is 0.831. The zero-order valence-corrected chi connectivity index (χ0v) is 11.9. The number of nitrogens with zero attached hydrogens (tertiary/aromatic N) is 1. The minimum absolute atomic E-state index is 0.00253. The molecule has 1 saturated heterocycles. The van der Waals surface area contributed by atoms with Crippen LogP contribution >= 0.6 is 0 Å². The molecule has 0 aromatic heterocycles. The normalized spacial score (nSPS) is 22.6. The van der Waals surface area contributed by atoms with Crippen molar-refractivity contribution < 1.29 is 5.11 Å². The van der Waals surface area contributed by atoms with Crippen LogP contribution in [0.25, 0.3) is 0 Å². The van der Waals surface area contributed by atoms with Gasteiger partial charge in [-0.05, 0) is 19.4 Å². The van der Waals surface area contributed by atoms with Crippen molar-refractivity contribution in [3.05, 3.63) is 0 Å². The van der Waals surface area contributed by atoms with Crippen molar-refractivity contribution in [3.8, 4) is 11.8 Å². The van der Waals surface area contributed by atoms with Crippen molar-refractivity contribution in [2.45, 2.75) is 51.0 Å². The zero-order valence-electron chi connectivity index (χ0n) is 10.9. The second kappa shape index (κ2) is 6.44. The summed E-state index contributed by atoms with van der Waals surface area (Å²) in [7, 11) is -1.06. The number of piperidine rings is 1. The fourth-order valence-corrected chi connectivity index (χ4v) is 5.01. The highest BCUT2D eigenvalue weighted by Crippen LogP contribution is 2.25. The summed E-state index contributed by atoms with van der Waals surface area (Å²) in [5.74, 6) is 5.76. The number of rotatable bonds is 3. The lowest BCUT2D eigenvalue weighted by molar-refractivity contribution is 0.198. The third-order valence-corrected chi connectivity index (χ3v) is 5.99. The van der Waals surface area contributed by atoms with Crippen molar-refractivity contribution in [1.82, 2.24) is 4.90 Å². The van der Waals surface area contributed by atoms with Gasteiger partial charge in [-0.25, -0.2) is 0 Å². The van der Waals surface area contributed by atoms with Crippen LogP contribution in [0.15, 0.2) is 0 Å². The van der Waals surface area contributed by atoms with Gasteiger partial charge >= 0.3 is 0 Å². The number of hydrogen-bond donors (Lipinski definition) is 1. The van der Waals surface area contributed by atoms with Crippen molar-refractivity contribution in [2.24, 2.45) is 0 Å².